The summed E-state index contributed by atoms with van der Waals surface area (Å²) in [5.41, 5.74) is 1.27. The van der Waals surface area contributed by atoms with Gasteiger partial charge in [-0.2, -0.15) is 0 Å². The summed E-state index contributed by atoms with van der Waals surface area (Å²) < 4.78 is 0. The van der Waals surface area contributed by atoms with Gasteiger partial charge in [0.25, 0.3) is 5.78 Å². The summed E-state index contributed by atoms with van der Waals surface area (Å²) in [6.45, 7) is 1.45. The number of likely N-dealkylation sites (tertiary alicyclic amines) is 1. The second-order valence-corrected chi connectivity index (χ2v) is 6.69. The molecule has 1 fully saturated rings. The minimum Gasteiger partial charge on any atom is -0.291 e. The van der Waals surface area contributed by atoms with Gasteiger partial charge in [0, 0.05) is 17.5 Å². The maximum atomic E-state index is 12.3. The molecule has 22 heavy (non-hydrogen) atoms. The number of hydrogen-bond acceptors (Lipinski definition) is 4. The maximum Gasteiger partial charge on any atom is 0.300 e. The number of Topliss-reactive ketones (excluding diaryl/α,β-unsaturated/α-hetero) is 1. The van der Waals surface area contributed by atoms with Gasteiger partial charge in [-0.1, -0.05) is 18.2 Å². The molecule has 2 aliphatic rings. The van der Waals surface area contributed by atoms with Crippen molar-refractivity contribution in [1.29, 1.82) is 0 Å². The van der Waals surface area contributed by atoms with Crippen molar-refractivity contribution in [3.05, 3.63) is 52.2 Å². The summed E-state index contributed by atoms with van der Waals surface area (Å²) in [6, 6.07) is 11.8. The van der Waals surface area contributed by atoms with E-state index in [1.807, 2.05) is 12.1 Å². The third kappa shape index (κ3) is 2.09. The van der Waals surface area contributed by atoms with Crippen LogP contribution in [-0.4, -0.2) is 29.8 Å². The summed E-state index contributed by atoms with van der Waals surface area (Å²) in [5, 5.41) is 2.09. The van der Waals surface area contributed by atoms with Gasteiger partial charge in [0.2, 0.25) is 0 Å². The summed E-state index contributed by atoms with van der Waals surface area (Å²) in [4.78, 5) is 29.6. The van der Waals surface area contributed by atoms with Gasteiger partial charge in [-0.3, -0.25) is 19.4 Å². The maximum absolute atomic E-state index is 12.3. The molecule has 4 nitrogen and oxygen atoms in total. The lowest BCUT2D eigenvalue weighted by atomic mass is 10.1. The van der Waals surface area contributed by atoms with E-state index in [0.717, 1.165) is 25.1 Å². The molecule has 0 saturated carbocycles. The lowest BCUT2D eigenvalue weighted by Gasteiger charge is -2.28. The van der Waals surface area contributed by atoms with Gasteiger partial charge >= 0.3 is 5.91 Å². The fourth-order valence-corrected chi connectivity index (χ4v) is 4.26. The molecule has 1 amide bonds. The number of carbonyl (C=O) groups excluding carboxylic acids is 2. The van der Waals surface area contributed by atoms with E-state index in [1.165, 1.54) is 4.88 Å². The molecular weight excluding hydrogens is 296 g/mol. The highest BCUT2D eigenvalue weighted by molar-refractivity contribution is 7.10. The predicted molar refractivity (Wildman–Crippen MR) is 86.1 cm³/mol. The van der Waals surface area contributed by atoms with Gasteiger partial charge in [0.1, 0.15) is 0 Å². The summed E-state index contributed by atoms with van der Waals surface area (Å²) in [6.07, 6.45) is 2.23. The highest BCUT2D eigenvalue weighted by Gasteiger charge is 2.38. The van der Waals surface area contributed by atoms with E-state index in [1.54, 1.807) is 28.4 Å². The smallest absolute Gasteiger partial charge is 0.291 e. The standard InChI is InChI=1S/C17H16N2O2S/c20-16-12-5-1-2-6-13(12)19(17(16)21)11-18-9-3-7-14(18)15-8-4-10-22-15/h1-2,4-6,8,10,14H,3,7,9,11H2/t14-/m0/s1. The highest BCUT2D eigenvalue weighted by Crippen LogP contribution is 2.36. The first kappa shape index (κ1) is 13.7. The Labute approximate surface area is 133 Å². The Morgan fingerprint density at radius 2 is 2.00 bits per heavy atom. The number of amides is 1. The number of para-hydroxylation sites is 1. The first-order chi connectivity index (χ1) is 10.8. The van der Waals surface area contributed by atoms with Crippen molar-refractivity contribution < 1.29 is 9.59 Å². The van der Waals surface area contributed by atoms with Gasteiger partial charge in [0.15, 0.2) is 0 Å². The number of rotatable bonds is 3. The van der Waals surface area contributed by atoms with Gasteiger partial charge in [-0.05, 0) is 36.4 Å². The Bertz CT molecular complexity index is 726. The lowest BCUT2D eigenvalue weighted by Crippen LogP contribution is -2.40. The molecule has 1 aromatic carbocycles. The zero-order valence-electron chi connectivity index (χ0n) is 12.1. The average molecular weight is 312 g/mol. The van der Waals surface area contributed by atoms with Gasteiger partial charge in [0.05, 0.1) is 17.9 Å². The van der Waals surface area contributed by atoms with Crippen LogP contribution in [0, 0.1) is 0 Å². The third-order valence-corrected chi connectivity index (χ3v) is 5.41. The molecule has 1 aromatic heterocycles. The molecule has 0 aliphatic carbocycles. The molecule has 1 saturated heterocycles. The SMILES string of the molecule is O=C1C(=O)N(CN2CCC[C@H]2c2cccs2)c2ccccc21. The van der Waals surface area contributed by atoms with Crippen LogP contribution in [0.3, 0.4) is 0 Å². The van der Waals surface area contributed by atoms with E-state index in [9.17, 15) is 9.59 Å². The largest absolute Gasteiger partial charge is 0.300 e. The van der Waals surface area contributed by atoms with Crippen molar-refractivity contribution in [3.8, 4) is 0 Å². The number of thiophene rings is 1. The molecule has 0 spiro atoms. The molecule has 4 rings (SSSR count). The van der Waals surface area contributed by atoms with Crippen molar-refractivity contribution in [2.75, 3.05) is 18.1 Å². The Hall–Kier alpha value is -1.98. The van der Waals surface area contributed by atoms with E-state index in [2.05, 4.69) is 22.4 Å². The first-order valence-corrected chi connectivity index (χ1v) is 8.36. The second kappa shape index (κ2) is 5.34. The van der Waals surface area contributed by atoms with Crippen molar-refractivity contribution in [1.82, 2.24) is 4.90 Å². The molecule has 2 aliphatic heterocycles. The van der Waals surface area contributed by atoms with Crippen LogP contribution in [0.25, 0.3) is 0 Å². The van der Waals surface area contributed by atoms with Crippen molar-refractivity contribution in [2.24, 2.45) is 0 Å². The van der Waals surface area contributed by atoms with Crippen LogP contribution in [0.1, 0.15) is 34.1 Å². The third-order valence-electron chi connectivity index (χ3n) is 4.44. The summed E-state index contributed by atoms with van der Waals surface area (Å²) in [5.74, 6) is -0.791. The number of hydrogen-bond donors (Lipinski definition) is 0. The van der Waals surface area contributed by atoms with Crippen LogP contribution < -0.4 is 4.90 Å². The Morgan fingerprint density at radius 3 is 2.82 bits per heavy atom. The van der Waals surface area contributed by atoms with Gasteiger partial charge in [-0.25, -0.2) is 0 Å². The van der Waals surface area contributed by atoms with Crippen LogP contribution in [0.4, 0.5) is 5.69 Å². The molecule has 0 N–H and O–H groups in total. The number of anilines is 1. The van der Waals surface area contributed by atoms with Crippen LogP contribution >= 0.6 is 11.3 Å². The minimum absolute atomic E-state index is 0.357. The molecule has 1 atom stereocenters. The van der Waals surface area contributed by atoms with Crippen LogP contribution in [-0.2, 0) is 4.79 Å². The fourth-order valence-electron chi connectivity index (χ4n) is 3.37. The molecule has 0 radical (unpaired) electrons. The molecular formula is C17H16N2O2S. The topological polar surface area (TPSA) is 40.6 Å². The highest BCUT2D eigenvalue weighted by atomic mass is 32.1. The summed E-state index contributed by atoms with van der Waals surface area (Å²) >= 11 is 1.76. The molecule has 0 bridgehead atoms. The van der Waals surface area contributed by atoms with Crippen molar-refractivity contribution in [2.45, 2.75) is 18.9 Å². The number of fused-ring (bicyclic) bond motifs is 1. The molecule has 2 aromatic rings. The first-order valence-electron chi connectivity index (χ1n) is 7.48. The molecule has 5 heteroatoms. The Kier molecular flexibility index (Phi) is 3.32. The number of benzene rings is 1. The van der Waals surface area contributed by atoms with E-state index in [-0.39, 0.29) is 5.78 Å². The Morgan fingerprint density at radius 1 is 1.14 bits per heavy atom. The van der Waals surface area contributed by atoms with Gasteiger partial charge < -0.3 is 0 Å². The van der Waals surface area contributed by atoms with E-state index < -0.39 is 5.91 Å². The summed E-state index contributed by atoms with van der Waals surface area (Å²) in [7, 11) is 0. The number of ketones is 1. The van der Waals surface area contributed by atoms with Crippen LogP contribution in [0.5, 0.6) is 0 Å². The molecule has 112 valence electrons. The quantitative estimate of drug-likeness (QED) is 0.818. The van der Waals surface area contributed by atoms with E-state index in [0.29, 0.717) is 18.3 Å². The number of carbonyl (C=O) groups is 2. The zero-order valence-corrected chi connectivity index (χ0v) is 12.9. The van der Waals surface area contributed by atoms with Gasteiger partial charge in [-0.15, -0.1) is 11.3 Å². The minimum atomic E-state index is -0.405. The molecule has 3 heterocycles. The lowest BCUT2D eigenvalue weighted by molar-refractivity contribution is -0.114. The monoisotopic (exact) mass is 312 g/mol. The van der Waals surface area contributed by atoms with Crippen LogP contribution in [0.15, 0.2) is 41.8 Å². The molecule has 0 unspecified atom stereocenters. The van der Waals surface area contributed by atoms with Crippen molar-refractivity contribution >= 4 is 28.7 Å². The second-order valence-electron chi connectivity index (χ2n) is 5.71. The van der Waals surface area contributed by atoms with E-state index in [4.69, 9.17) is 0 Å². The normalized spacial score (nSPS) is 21.6. The van der Waals surface area contributed by atoms with Crippen LogP contribution in [0.2, 0.25) is 0 Å². The fraction of sp³-hybridized carbons (Fsp3) is 0.294. The van der Waals surface area contributed by atoms with E-state index >= 15 is 0 Å². The average Bonchev–Trinajstić information content (AvgIpc) is 3.25. The number of nitrogens with zero attached hydrogens (tertiary/aromatic N) is 2. The zero-order chi connectivity index (χ0) is 15.1. The predicted octanol–water partition coefficient (Wildman–Crippen LogP) is 3.07. The van der Waals surface area contributed by atoms with Crippen molar-refractivity contribution in [3.63, 3.8) is 0 Å². The Balaban J connectivity index is 1.61.